The number of para-hydroxylation sites is 2. The molecule has 0 aliphatic rings. The van der Waals surface area contributed by atoms with E-state index in [1.54, 1.807) is 12.3 Å². The van der Waals surface area contributed by atoms with Gasteiger partial charge in [0.15, 0.2) is 5.84 Å². The number of fused-ring (bicyclic) bond motifs is 1. The van der Waals surface area contributed by atoms with Gasteiger partial charge in [-0.3, -0.25) is 4.57 Å². The summed E-state index contributed by atoms with van der Waals surface area (Å²) >= 11 is 0. The Morgan fingerprint density at radius 1 is 1.25 bits per heavy atom. The highest BCUT2D eigenvalue weighted by Gasteiger charge is 2.10. The van der Waals surface area contributed by atoms with Crippen LogP contribution in [0.4, 0.5) is 0 Å². The predicted octanol–water partition coefficient (Wildman–Crippen LogP) is 1.82. The third kappa shape index (κ3) is 1.87. The normalized spacial score (nSPS) is 11.9. The number of pyridine rings is 1. The second-order valence-electron chi connectivity index (χ2n) is 4.37. The summed E-state index contributed by atoms with van der Waals surface area (Å²) in [6, 6.07) is 11.4. The molecule has 0 saturated heterocycles. The zero-order valence-electron chi connectivity index (χ0n) is 10.9. The predicted molar refractivity (Wildman–Crippen MR) is 76.1 cm³/mol. The molecule has 2 heterocycles. The molecule has 0 bridgehead atoms. The lowest BCUT2D eigenvalue weighted by molar-refractivity contribution is 0.318. The van der Waals surface area contributed by atoms with Crippen LogP contribution >= 0.6 is 0 Å². The van der Waals surface area contributed by atoms with E-state index in [1.165, 1.54) is 0 Å². The van der Waals surface area contributed by atoms with E-state index in [1.807, 2.05) is 41.8 Å². The Hall–Kier alpha value is -2.89. The molecule has 100 valence electrons. The van der Waals surface area contributed by atoms with Gasteiger partial charge in [-0.1, -0.05) is 17.3 Å². The Bertz CT molecular complexity index is 789. The van der Waals surface area contributed by atoms with Gasteiger partial charge in [0, 0.05) is 11.8 Å². The molecule has 3 aromatic rings. The minimum Gasteiger partial charge on any atom is -0.409 e. The molecule has 1 aromatic carbocycles. The second kappa shape index (κ2) is 4.65. The molecule has 0 unspecified atom stereocenters. The molecule has 3 N–H and O–H groups in total. The first-order valence-electron chi connectivity index (χ1n) is 6.09. The van der Waals surface area contributed by atoms with Crippen LogP contribution in [0.15, 0.2) is 47.8 Å². The fourth-order valence-corrected chi connectivity index (χ4v) is 2.16. The minimum atomic E-state index is 0.0382. The quantitative estimate of drug-likeness (QED) is 0.321. The van der Waals surface area contributed by atoms with E-state index in [2.05, 4.69) is 15.1 Å². The Morgan fingerprint density at radius 3 is 2.75 bits per heavy atom. The third-order valence-electron chi connectivity index (χ3n) is 3.11. The summed E-state index contributed by atoms with van der Waals surface area (Å²) in [5.74, 6) is 1.64. The first-order chi connectivity index (χ1) is 9.70. The van der Waals surface area contributed by atoms with Gasteiger partial charge < -0.3 is 10.9 Å². The summed E-state index contributed by atoms with van der Waals surface area (Å²) in [6.45, 7) is 1.93. The summed E-state index contributed by atoms with van der Waals surface area (Å²) < 4.78 is 1.96. The summed E-state index contributed by atoms with van der Waals surface area (Å²) in [5.41, 5.74) is 8.01. The van der Waals surface area contributed by atoms with E-state index in [4.69, 9.17) is 10.9 Å². The van der Waals surface area contributed by atoms with Gasteiger partial charge in [-0.25, -0.2) is 9.97 Å². The van der Waals surface area contributed by atoms with Crippen molar-refractivity contribution in [1.82, 2.24) is 14.5 Å². The molecule has 0 fully saturated rings. The van der Waals surface area contributed by atoms with E-state index in [0.717, 1.165) is 22.7 Å². The van der Waals surface area contributed by atoms with Crippen LogP contribution in [0.5, 0.6) is 0 Å². The standard InChI is InChI=1S/C14H13N5O/c1-9-17-11-4-2-3-5-12(11)19(9)13-7-6-10(8-16-13)14(15)18-20/h2-8,20H,1H3,(H2,15,18). The number of hydrogen-bond donors (Lipinski definition) is 2. The molecule has 6 heteroatoms. The second-order valence-corrected chi connectivity index (χ2v) is 4.37. The summed E-state index contributed by atoms with van der Waals surface area (Å²) in [5, 5.41) is 11.6. The average Bonchev–Trinajstić information content (AvgIpc) is 2.82. The van der Waals surface area contributed by atoms with E-state index >= 15 is 0 Å². The van der Waals surface area contributed by atoms with Gasteiger partial charge in [0.05, 0.1) is 11.0 Å². The van der Waals surface area contributed by atoms with Crippen LogP contribution in [0.1, 0.15) is 11.4 Å². The average molecular weight is 267 g/mol. The fraction of sp³-hybridized carbons (Fsp3) is 0.0714. The molecule has 0 spiro atoms. The highest BCUT2D eigenvalue weighted by atomic mass is 16.4. The van der Waals surface area contributed by atoms with Gasteiger partial charge in [-0.15, -0.1) is 0 Å². The summed E-state index contributed by atoms with van der Waals surface area (Å²) in [7, 11) is 0. The first kappa shape index (κ1) is 12.2. The Balaban J connectivity index is 2.14. The minimum absolute atomic E-state index is 0.0382. The molecule has 0 aliphatic carbocycles. The van der Waals surface area contributed by atoms with E-state index < -0.39 is 0 Å². The molecule has 0 amide bonds. The van der Waals surface area contributed by atoms with Gasteiger partial charge >= 0.3 is 0 Å². The van der Waals surface area contributed by atoms with Crippen molar-refractivity contribution < 1.29 is 5.21 Å². The topological polar surface area (TPSA) is 89.3 Å². The zero-order valence-corrected chi connectivity index (χ0v) is 10.9. The van der Waals surface area contributed by atoms with Gasteiger partial charge in [-0.2, -0.15) is 0 Å². The Morgan fingerprint density at radius 2 is 2.05 bits per heavy atom. The zero-order chi connectivity index (χ0) is 14.1. The molecule has 0 saturated carbocycles. The molecular weight excluding hydrogens is 254 g/mol. The lowest BCUT2D eigenvalue weighted by Gasteiger charge is -2.06. The number of amidine groups is 1. The molecule has 3 rings (SSSR count). The van der Waals surface area contributed by atoms with E-state index in [-0.39, 0.29) is 5.84 Å². The maximum absolute atomic E-state index is 8.65. The van der Waals surface area contributed by atoms with E-state index in [9.17, 15) is 0 Å². The van der Waals surface area contributed by atoms with Crippen LogP contribution in [0.2, 0.25) is 0 Å². The van der Waals surface area contributed by atoms with Crippen molar-refractivity contribution in [3.63, 3.8) is 0 Å². The van der Waals surface area contributed by atoms with Crippen LogP contribution in [-0.4, -0.2) is 25.6 Å². The van der Waals surface area contributed by atoms with Crippen molar-refractivity contribution in [3.05, 3.63) is 54.0 Å². The molecule has 6 nitrogen and oxygen atoms in total. The van der Waals surface area contributed by atoms with Crippen LogP contribution < -0.4 is 5.73 Å². The van der Waals surface area contributed by atoms with Crippen molar-refractivity contribution in [3.8, 4) is 5.82 Å². The van der Waals surface area contributed by atoms with Gasteiger partial charge in [0.2, 0.25) is 0 Å². The number of nitrogens with two attached hydrogens (primary N) is 1. The number of imidazole rings is 1. The first-order valence-corrected chi connectivity index (χ1v) is 6.09. The number of benzene rings is 1. The Labute approximate surface area is 115 Å². The molecule has 0 atom stereocenters. The van der Waals surface area contributed by atoms with Gasteiger partial charge in [0.1, 0.15) is 11.6 Å². The SMILES string of the molecule is Cc1nc2ccccc2n1-c1ccc(/C(N)=N/O)cn1. The van der Waals surface area contributed by atoms with Crippen molar-refractivity contribution in [2.75, 3.05) is 0 Å². The number of hydrogen-bond acceptors (Lipinski definition) is 4. The molecular formula is C14H13N5O. The molecule has 0 aliphatic heterocycles. The number of rotatable bonds is 2. The van der Waals surface area contributed by atoms with Crippen LogP contribution in [-0.2, 0) is 0 Å². The van der Waals surface area contributed by atoms with Crippen molar-refractivity contribution in [2.24, 2.45) is 10.9 Å². The highest BCUT2D eigenvalue weighted by molar-refractivity contribution is 5.96. The van der Waals surface area contributed by atoms with Crippen molar-refractivity contribution >= 4 is 16.9 Å². The van der Waals surface area contributed by atoms with Crippen LogP contribution in [0, 0.1) is 6.92 Å². The fourth-order valence-electron chi connectivity index (χ4n) is 2.16. The van der Waals surface area contributed by atoms with Crippen molar-refractivity contribution in [1.29, 1.82) is 0 Å². The van der Waals surface area contributed by atoms with Gasteiger partial charge in [-0.05, 0) is 31.2 Å². The Kier molecular flexibility index (Phi) is 2.83. The van der Waals surface area contributed by atoms with E-state index in [0.29, 0.717) is 5.56 Å². The lowest BCUT2D eigenvalue weighted by atomic mass is 10.2. The number of aryl methyl sites for hydroxylation is 1. The maximum Gasteiger partial charge on any atom is 0.171 e. The summed E-state index contributed by atoms with van der Waals surface area (Å²) in [4.78, 5) is 8.85. The smallest absolute Gasteiger partial charge is 0.171 e. The third-order valence-corrected chi connectivity index (χ3v) is 3.11. The number of aromatic nitrogens is 3. The molecule has 20 heavy (non-hydrogen) atoms. The maximum atomic E-state index is 8.65. The van der Waals surface area contributed by atoms with Crippen LogP contribution in [0.25, 0.3) is 16.9 Å². The van der Waals surface area contributed by atoms with Gasteiger partial charge in [0.25, 0.3) is 0 Å². The lowest BCUT2D eigenvalue weighted by Crippen LogP contribution is -2.13. The largest absolute Gasteiger partial charge is 0.409 e. The molecule has 2 aromatic heterocycles. The number of nitrogens with zero attached hydrogens (tertiary/aromatic N) is 4. The molecule has 0 radical (unpaired) electrons. The number of oxime groups is 1. The highest BCUT2D eigenvalue weighted by Crippen LogP contribution is 2.19. The summed E-state index contributed by atoms with van der Waals surface area (Å²) in [6.07, 6.45) is 1.57. The van der Waals surface area contributed by atoms with Crippen molar-refractivity contribution in [2.45, 2.75) is 6.92 Å². The van der Waals surface area contributed by atoms with Crippen LogP contribution in [0.3, 0.4) is 0 Å². The monoisotopic (exact) mass is 267 g/mol.